The molecule has 1 aliphatic rings. The molecule has 2 rings (SSSR count). The van der Waals surface area contributed by atoms with Gasteiger partial charge in [0.1, 0.15) is 18.0 Å². The summed E-state index contributed by atoms with van der Waals surface area (Å²) in [6.45, 7) is 4.64. The van der Waals surface area contributed by atoms with Crippen molar-refractivity contribution in [2.24, 2.45) is 5.84 Å². The second-order valence-electron chi connectivity index (χ2n) is 5.22. The molecule has 0 aliphatic heterocycles. The second-order valence-corrected chi connectivity index (χ2v) is 5.22. The third-order valence-corrected chi connectivity index (χ3v) is 3.47. The maximum Gasteiger partial charge on any atom is 0.148 e. The van der Waals surface area contributed by atoms with Crippen molar-refractivity contribution in [3.05, 3.63) is 11.9 Å². The Hall–Kier alpha value is -1.40. The summed E-state index contributed by atoms with van der Waals surface area (Å²) >= 11 is 0. The Morgan fingerprint density at radius 2 is 2.06 bits per heavy atom. The Kier molecular flexibility index (Phi) is 3.68. The minimum Gasteiger partial charge on any atom is -0.388 e. The molecule has 1 heterocycles. The van der Waals surface area contributed by atoms with Crippen molar-refractivity contribution in [3.63, 3.8) is 0 Å². The van der Waals surface area contributed by atoms with Crippen LogP contribution in [0.1, 0.15) is 44.6 Å². The van der Waals surface area contributed by atoms with E-state index in [9.17, 15) is 5.11 Å². The summed E-state index contributed by atoms with van der Waals surface area (Å²) < 4.78 is 0. The molecule has 1 fully saturated rings. The predicted octanol–water partition coefficient (Wildman–Crippen LogP) is 1.21. The highest BCUT2D eigenvalue weighted by atomic mass is 16.3. The van der Waals surface area contributed by atoms with E-state index in [4.69, 9.17) is 5.84 Å². The highest BCUT2D eigenvalue weighted by Gasteiger charge is 2.34. The normalized spacial score (nSPS) is 17.4. The molecule has 6 heteroatoms. The van der Waals surface area contributed by atoms with Crippen LogP contribution in [0.5, 0.6) is 0 Å². The van der Waals surface area contributed by atoms with Crippen LogP contribution in [0.4, 0.5) is 11.6 Å². The quantitative estimate of drug-likeness (QED) is 0.464. The van der Waals surface area contributed by atoms with Gasteiger partial charge in [-0.15, -0.1) is 0 Å². The van der Waals surface area contributed by atoms with Crippen molar-refractivity contribution in [2.45, 2.75) is 44.6 Å². The van der Waals surface area contributed by atoms with Gasteiger partial charge in [-0.25, -0.2) is 15.8 Å². The average molecular weight is 251 g/mol. The van der Waals surface area contributed by atoms with Crippen LogP contribution in [0.3, 0.4) is 0 Å². The summed E-state index contributed by atoms with van der Waals surface area (Å²) in [6.07, 6.45) is 4.26. The van der Waals surface area contributed by atoms with E-state index in [2.05, 4.69) is 34.6 Å². The molecule has 1 aliphatic carbocycles. The van der Waals surface area contributed by atoms with Crippen LogP contribution >= 0.6 is 0 Å². The maximum absolute atomic E-state index is 10.1. The molecule has 0 aromatic carbocycles. The maximum atomic E-state index is 10.1. The number of rotatable bonds is 5. The van der Waals surface area contributed by atoms with Gasteiger partial charge in [0.05, 0.1) is 5.60 Å². The van der Waals surface area contributed by atoms with Gasteiger partial charge < -0.3 is 15.8 Å². The number of nitrogens with two attached hydrogens (primary N) is 1. The number of anilines is 2. The fourth-order valence-corrected chi connectivity index (χ4v) is 2.21. The summed E-state index contributed by atoms with van der Waals surface area (Å²) in [6, 6.07) is 0. The number of aromatic nitrogens is 2. The highest BCUT2D eigenvalue weighted by Crippen LogP contribution is 2.33. The fraction of sp³-hybridized carbons (Fsp3) is 0.667. The average Bonchev–Trinajstić information content (AvgIpc) is 2.33. The van der Waals surface area contributed by atoms with Gasteiger partial charge in [-0.2, -0.15) is 0 Å². The van der Waals surface area contributed by atoms with Crippen molar-refractivity contribution < 1.29 is 5.11 Å². The molecular weight excluding hydrogens is 230 g/mol. The van der Waals surface area contributed by atoms with E-state index in [1.807, 2.05) is 0 Å². The first kappa shape index (κ1) is 13.0. The number of nitrogen functional groups attached to an aromatic ring is 1. The summed E-state index contributed by atoms with van der Waals surface area (Å²) in [5.41, 5.74) is 2.96. The lowest BCUT2D eigenvalue weighted by molar-refractivity contribution is -0.0202. The number of hydrazine groups is 1. The van der Waals surface area contributed by atoms with E-state index in [0.29, 0.717) is 12.4 Å². The fourth-order valence-electron chi connectivity index (χ4n) is 2.21. The van der Waals surface area contributed by atoms with E-state index in [1.165, 1.54) is 6.33 Å². The van der Waals surface area contributed by atoms with Crippen LogP contribution in [-0.4, -0.2) is 27.2 Å². The molecule has 0 bridgehead atoms. The summed E-state index contributed by atoms with van der Waals surface area (Å²) in [7, 11) is 0. The lowest BCUT2D eigenvalue weighted by Crippen LogP contribution is -2.43. The minimum absolute atomic E-state index is 0.246. The molecule has 0 saturated heterocycles. The van der Waals surface area contributed by atoms with Crippen LogP contribution in [0.15, 0.2) is 6.33 Å². The van der Waals surface area contributed by atoms with Gasteiger partial charge >= 0.3 is 0 Å². The summed E-state index contributed by atoms with van der Waals surface area (Å²) in [5, 5.41) is 13.3. The first-order valence-corrected chi connectivity index (χ1v) is 6.33. The number of hydrogen-bond donors (Lipinski definition) is 4. The molecule has 5 N–H and O–H groups in total. The lowest BCUT2D eigenvalue weighted by Gasteiger charge is -2.37. The van der Waals surface area contributed by atoms with Gasteiger partial charge in [0.15, 0.2) is 0 Å². The Bertz CT molecular complexity index is 417. The molecule has 0 unspecified atom stereocenters. The smallest absolute Gasteiger partial charge is 0.148 e. The second kappa shape index (κ2) is 5.07. The van der Waals surface area contributed by atoms with Crippen LogP contribution in [0, 0.1) is 0 Å². The number of nitrogens with one attached hydrogen (secondary N) is 2. The van der Waals surface area contributed by atoms with Gasteiger partial charge in [-0.05, 0) is 25.2 Å². The molecule has 18 heavy (non-hydrogen) atoms. The minimum atomic E-state index is -0.574. The monoisotopic (exact) mass is 251 g/mol. The third kappa shape index (κ3) is 2.54. The van der Waals surface area contributed by atoms with Crippen molar-refractivity contribution in [1.29, 1.82) is 0 Å². The molecular formula is C12H21N5O. The first-order chi connectivity index (χ1) is 8.56. The zero-order valence-corrected chi connectivity index (χ0v) is 10.9. The van der Waals surface area contributed by atoms with Crippen molar-refractivity contribution >= 4 is 11.6 Å². The molecule has 1 saturated carbocycles. The predicted molar refractivity (Wildman–Crippen MR) is 71.2 cm³/mol. The van der Waals surface area contributed by atoms with Crippen molar-refractivity contribution in [2.75, 3.05) is 17.3 Å². The first-order valence-electron chi connectivity index (χ1n) is 6.33. The van der Waals surface area contributed by atoms with E-state index in [0.717, 1.165) is 30.6 Å². The SMILES string of the molecule is CC(C)c1c(NN)ncnc1NCC1(O)CCC1. The van der Waals surface area contributed by atoms with E-state index >= 15 is 0 Å². The summed E-state index contributed by atoms with van der Waals surface area (Å²) in [4.78, 5) is 8.35. The molecule has 0 atom stereocenters. The van der Waals surface area contributed by atoms with Crippen LogP contribution in [0.2, 0.25) is 0 Å². The van der Waals surface area contributed by atoms with E-state index in [1.54, 1.807) is 0 Å². The standard InChI is InChI=1S/C12H21N5O/c1-8(2)9-10(15-7-16-11(9)17-13)14-6-12(18)4-3-5-12/h7-8,18H,3-6,13H2,1-2H3,(H2,14,15,16,17). The van der Waals surface area contributed by atoms with Gasteiger partial charge in [0.2, 0.25) is 0 Å². The Morgan fingerprint density at radius 1 is 1.39 bits per heavy atom. The molecule has 100 valence electrons. The van der Waals surface area contributed by atoms with Crippen LogP contribution in [-0.2, 0) is 0 Å². The number of aliphatic hydroxyl groups is 1. The van der Waals surface area contributed by atoms with E-state index in [-0.39, 0.29) is 5.92 Å². The Morgan fingerprint density at radius 3 is 2.56 bits per heavy atom. The van der Waals surface area contributed by atoms with Gasteiger partial charge in [0, 0.05) is 12.1 Å². The van der Waals surface area contributed by atoms with Gasteiger partial charge in [0.25, 0.3) is 0 Å². The Balaban J connectivity index is 2.16. The molecule has 0 spiro atoms. The molecule has 0 radical (unpaired) electrons. The van der Waals surface area contributed by atoms with Gasteiger partial charge in [-0.1, -0.05) is 13.8 Å². The highest BCUT2D eigenvalue weighted by molar-refractivity contribution is 5.58. The van der Waals surface area contributed by atoms with Gasteiger partial charge in [-0.3, -0.25) is 0 Å². The summed E-state index contributed by atoms with van der Waals surface area (Å²) in [5.74, 6) is 7.08. The zero-order chi connectivity index (χ0) is 13.2. The lowest BCUT2D eigenvalue weighted by atomic mass is 9.80. The van der Waals surface area contributed by atoms with Crippen molar-refractivity contribution in [1.82, 2.24) is 9.97 Å². The molecule has 6 nitrogen and oxygen atoms in total. The third-order valence-electron chi connectivity index (χ3n) is 3.47. The molecule has 1 aromatic heterocycles. The Labute approximate surface area is 107 Å². The molecule has 1 aromatic rings. The zero-order valence-electron chi connectivity index (χ0n) is 10.9. The number of nitrogens with zero attached hydrogens (tertiary/aromatic N) is 2. The van der Waals surface area contributed by atoms with Crippen molar-refractivity contribution in [3.8, 4) is 0 Å². The van der Waals surface area contributed by atoms with Crippen LogP contribution in [0.25, 0.3) is 0 Å². The molecule has 0 amide bonds. The number of hydrogen-bond acceptors (Lipinski definition) is 6. The van der Waals surface area contributed by atoms with Crippen LogP contribution < -0.4 is 16.6 Å². The topological polar surface area (TPSA) is 96.1 Å². The van der Waals surface area contributed by atoms with E-state index < -0.39 is 5.60 Å². The largest absolute Gasteiger partial charge is 0.388 e.